The molecule has 2 aromatic rings. The third kappa shape index (κ3) is 3.65. The molecule has 0 aliphatic heterocycles. The van der Waals surface area contributed by atoms with Gasteiger partial charge in [-0.15, -0.1) is 11.3 Å². The van der Waals surface area contributed by atoms with Crippen molar-refractivity contribution in [1.82, 2.24) is 5.32 Å². The van der Waals surface area contributed by atoms with Gasteiger partial charge in [0.25, 0.3) is 5.91 Å². The maximum atomic E-state index is 12.1. The smallest absolute Gasteiger partial charge is 0.251 e. The van der Waals surface area contributed by atoms with E-state index in [1.54, 1.807) is 32.4 Å². The van der Waals surface area contributed by atoms with Crippen LogP contribution in [0.3, 0.4) is 0 Å². The predicted octanol–water partition coefficient (Wildman–Crippen LogP) is 3.35. The fourth-order valence-corrected chi connectivity index (χ4v) is 2.68. The molecule has 0 spiro atoms. The van der Waals surface area contributed by atoms with Gasteiger partial charge in [-0.3, -0.25) is 4.79 Å². The highest BCUT2D eigenvalue weighted by Crippen LogP contribution is 2.23. The average Bonchev–Trinajstić information content (AvgIpc) is 2.89. The van der Waals surface area contributed by atoms with Crippen molar-refractivity contribution in [3.63, 3.8) is 0 Å². The van der Waals surface area contributed by atoms with Crippen LogP contribution in [0, 0.1) is 0 Å². The van der Waals surface area contributed by atoms with E-state index in [0.29, 0.717) is 27.9 Å². The van der Waals surface area contributed by atoms with Crippen LogP contribution in [0.25, 0.3) is 0 Å². The Hall–Kier alpha value is -1.72. The van der Waals surface area contributed by atoms with Crippen molar-refractivity contribution < 1.29 is 14.3 Å². The summed E-state index contributed by atoms with van der Waals surface area (Å²) in [4.78, 5) is 13.1. The molecule has 4 nitrogen and oxygen atoms in total. The fraction of sp³-hybridized carbons (Fsp3) is 0.214. The zero-order valence-electron chi connectivity index (χ0n) is 11.1. The molecular formula is C14H14ClNO3S. The number of carbonyl (C=O) groups excluding carboxylic acids is 1. The van der Waals surface area contributed by atoms with Gasteiger partial charge in [-0.05, 0) is 24.3 Å². The predicted molar refractivity (Wildman–Crippen MR) is 80.0 cm³/mol. The number of benzene rings is 1. The largest absolute Gasteiger partial charge is 0.497 e. The first-order valence-electron chi connectivity index (χ1n) is 5.88. The van der Waals surface area contributed by atoms with Crippen molar-refractivity contribution in [1.29, 1.82) is 0 Å². The number of carbonyl (C=O) groups is 1. The standard InChI is InChI=1S/C14H14ClNO3S/c1-18-10-5-9(6-11(7-10)19-2)14(17)16-8-12-3-4-13(15)20-12/h3-7H,8H2,1-2H3,(H,16,17). The van der Waals surface area contributed by atoms with Crippen LogP contribution in [-0.2, 0) is 6.54 Å². The van der Waals surface area contributed by atoms with Crippen molar-refractivity contribution >= 4 is 28.8 Å². The fourth-order valence-electron chi connectivity index (χ4n) is 1.65. The van der Waals surface area contributed by atoms with Crippen LogP contribution in [-0.4, -0.2) is 20.1 Å². The minimum absolute atomic E-state index is 0.188. The zero-order valence-corrected chi connectivity index (χ0v) is 12.7. The Morgan fingerprint density at radius 2 is 1.85 bits per heavy atom. The first-order valence-corrected chi connectivity index (χ1v) is 7.07. The lowest BCUT2D eigenvalue weighted by molar-refractivity contribution is 0.0950. The third-order valence-corrected chi connectivity index (χ3v) is 3.90. The minimum Gasteiger partial charge on any atom is -0.497 e. The van der Waals surface area contributed by atoms with Crippen molar-refractivity contribution in [2.45, 2.75) is 6.54 Å². The van der Waals surface area contributed by atoms with Crippen LogP contribution in [0.2, 0.25) is 4.34 Å². The molecule has 0 saturated heterocycles. The molecular weight excluding hydrogens is 298 g/mol. The number of methoxy groups -OCH3 is 2. The molecule has 0 radical (unpaired) electrons. The summed E-state index contributed by atoms with van der Waals surface area (Å²) in [5.74, 6) is 0.967. The van der Waals surface area contributed by atoms with Crippen LogP contribution < -0.4 is 14.8 Å². The van der Waals surface area contributed by atoms with Crippen molar-refractivity contribution in [3.05, 3.63) is 45.1 Å². The van der Waals surface area contributed by atoms with Gasteiger partial charge in [0.05, 0.1) is 25.1 Å². The Morgan fingerprint density at radius 1 is 1.20 bits per heavy atom. The second-order valence-electron chi connectivity index (χ2n) is 3.99. The first kappa shape index (κ1) is 14.7. The summed E-state index contributed by atoms with van der Waals surface area (Å²) in [5.41, 5.74) is 0.490. The van der Waals surface area contributed by atoms with Crippen LogP contribution in [0.1, 0.15) is 15.2 Å². The maximum absolute atomic E-state index is 12.1. The summed E-state index contributed by atoms with van der Waals surface area (Å²) in [7, 11) is 3.09. The van der Waals surface area contributed by atoms with Crippen molar-refractivity contribution in [2.24, 2.45) is 0 Å². The van der Waals surface area contributed by atoms with Crippen molar-refractivity contribution in [3.8, 4) is 11.5 Å². The molecule has 1 amide bonds. The number of ether oxygens (including phenoxy) is 2. The molecule has 106 valence electrons. The number of nitrogens with one attached hydrogen (secondary N) is 1. The second kappa shape index (κ2) is 6.63. The van der Waals surface area contributed by atoms with Gasteiger partial charge < -0.3 is 14.8 Å². The lowest BCUT2D eigenvalue weighted by Gasteiger charge is -2.08. The summed E-state index contributed by atoms with van der Waals surface area (Å²) in [6, 6.07) is 8.75. The van der Waals surface area contributed by atoms with Crippen LogP contribution in [0.5, 0.6) is 11.5 Å². The second-order valence-corrected chi connectivity index (χ2v) is 5.79. The molecule has 1 heterocycles. The SMILES string of the molecule is COc1cc(OC)cc(C(=O)NCc2ccc(Cl)s2)c1. The lowest BCUT2D eigenvalue weighted by Crippen LogP contribution is -2.22. The number of hydrogen-bond acceptors (Lipinski definition) is 4. The average molecular weight is 312 g/mol. The van der Waals surface area contributed by atoms with E-state index in [4.69, 9.17) is 21.1 Å². The van der Waals surface area contributed by atoms with Gasteiger partial charge in [-0.2, -0.15) is 0 Å². The Kier molecular flexibility index (Phi) is 4.87. The van der Waals surface area contributed by atoms with E-state index in [2.05, 4.69) is 5.32 Å². The number of rotatable bonds is 5. The molecule has 0 unspecified atom stereocenters. The molecule has 2 rings (SSSR count). The van der Waals surface area contributed by atoms with Gasteiger partial charge in [0, 0.05) is 16.5 Å². The topological polar surface area (TPSA) is 47.6 Å². The quantitative estimate of drug-likeness (QED) is 0.921. The minimum atomic E-state index is -0.188. The highest BCUT2D eigenvalue weighted by Gasteiger charge is 2.10. The number of amides is 1. The Morgan fingerprint density at radius 3 is 2.35 bits per heavy atom. The summed E-state index contributed by atoms with van der Waals surface area (Å²) in [5, 5.41) is 2.83. The number of thiophene rings is 1. The van der Waals surface area contributed by atoms with Crippen LogP contribution >= 0.6 is 22.9 Å². The molecule has 0 aliphatic carbocycles. The molecule has 0 saturated carbocycles. The molecule has 1 aromatic carbocycles. The molecule has 1 aromatic heterocycles. The number of hydrogen-bond donors (Lipinski definition) is 1. The molecule has 0 aliphatic rings. The van der Waals surface area contributed by atoms with E-state index in [1.807, 2.05) is 12.1 Å². The van der Waals surface area contributed by atoms with Gasteiger partial charge >= 0.3 is 0 Å². The van der Waals surface area contributed by atoms with E-state index in [1.165, 1.54) is 11.3 Å². The Labute approximate surface area is 126 Å². The normalized spacial score (nSPS) is 10.2. The van der Waals surface area contributed by atoms with E-state index in [-0.39, 0.29) is 5.91 Å². The molecule has 0 bridgehead atoms. The van der Waals surface area contributed by atoms with Gasteiger partial charge in [0.2, 0.25) is 0 Å². The van der Waals surface area contributed by atoms with Gasteiger partial charge in [0.15, 0.2) is 0 Å². The van der Waals surface area contributed by atoms with Crippen molar-refractivity contribution in [2.75, 3.05) is 14.2 Å². The van der Waals surface area contributed by atoms with E-state index < -0.39 is 0 Å². The maximum Gasteiger partial charge on any atom is 0.251 e. The molecule has 0 fully saturated rings. The van der Waals surface area contributed by atoms with E-state index in [9.17, 15) is 4.79 Å². The summed E-state index contributed by atoms with van der Waals surface area (Å²) in [6.07, 6.45) is 0. The Bertz CT molecular complexity index is 590. The third-order valence-electron chi connectivity index (χ3n) is 2.67. The first-order chi connectivity index (χ1) is 9.62. The number of halogens is 1. The van der Waals surface area contributed by atoms with E-state index >= 15 is 0 Å². The lowest BCUT2D eigenvalue weighted by atomic mass is 10.2. The monoisotopic (exact) mass is 311 g/mol. The highest BCUT2D eigenvalue weighted by atomic mass is 35.5. The van der Waals surface area contributed by atoms with E-state index in [0.717, 1.165) is 4.88 Å². The molecule has 0 atom stereocenters. The van der Waals surface area contributed by atoms with Crippen LogP contribution in [0.4, 0.5) is 0 Å². The van der Waals surface area contributed by atoms with Gasteiger partial charge in [0.1, 0.15) is 11.5 Å². The molecule has 6 heteroatoms. The summed E-state index contributed by atoms with van der Waals surface area (Å²) in [6.45, 7) is 0.440. The Balaban J connectivity index is 2.08. The summed E-state index contributed by atoms with van der Waals surface area (Å²) >= 11 is 7.29. The van der Waals surface area contributed by atoms with Gasteiger partial charge in [-0.1, -0.05) is 11.6 Å². The molecule has 1 N–H and O–H groups in total. The molecule has 20 heavy (non-hydrogen) atoms. The highest BCUT2D eigenvalue weighted by molar-refractivity contribution is 7.16. The van der Waals surface area contributed by atoms with Crippen LogP contribution in [0.15, 0.2) is 30.3 Å². The zero-order chi connectivity index (χ0) is 14.5. The van der Waals surface area contributed by atoms with Gasteiger partial charge in [-0.25, -0.2) is 0 Å². The summed E-state index contributed by atoms with van der Waals surface area (Å²) < 4.78 is 11.0.